The van der Waals surface area contributed by atoms with Gasteiger partial charge in [-0.25, -0.2) is 4.79 Å². The topological polar surface area (TPSA) is 79.4 Å². The van der Waals surface area contributed by atoms with Crippen molar-refractivity contribution in [3.05, 3.63) is 83.3 Å². The monoisotopic (exact) mass is 375 g/mol. The predicted octanol–water partition coefficient (Wildman–Crippen LogP) is 4.04. The minimum atomic E-state index is -1.18. The van der Waals surface area contributed by atoms with Gasteiger partial charge in [0.25, 0.3) is 0 Å². The first-order valence-corrected chi connectivity index (χ1v) is 9.27. The van der Waals surface area contributed by atoms with Crippen LogP contribution < -0.4 is 0 Å². The minimum absolute atomic E-state index is 0.0211. The average Bonchev–Trinajstić information content (AvgIpc) is 3.20. The second kappa shape index (κ2) is 7.00. The van der Waals surface area contributed by atoms with Crippen molar-refractivity contribution in [2.24, 2.45) is 0 Å². The van der Waals surface area contributed by atoms with Gasteiger partial charge < -0.3 is 14.8 Å². The van der Waals surface area contributed by atoms with Gasteiger partial charge in [-0.1, -0.05) is 48.5 Å². The van der Waals surface area contributed by atoms with Crippen LogP contribution >= 0.6 is 0 Å². The van der Waals surface area contributed by atoms with Gasteiger partial charge in [-0.05, 0) is 37.0 Å². The van der Waals surface area contributed by atoms with Crippen LogP contribution in [-0.2, 0) is 27.2 Å². The zero-order valence-corrected chi connectivity index (χ0v) is 15.6. The molecule has 1 aliphatic rings. The summed E-state index contributed by atoms with van der Waals surface area (Å²) in [7, 11) is 0. The minimum Gasteiger partial charge on any atom is -0.507 e. The van der Waals surface area contributed by atoms with Crippen LogP contribution in [0.3, 0.4) is 0 Å². The zero-order chi connectivity index (χ0) is 19.7. The fraction of sp³-hybridized carbons (Fsp3) is 0.217. The predicted molar refractivity (Wildman–Crippen MR) is 106 cm³/mol. The summed E-state index contributed by atoms with van der Waals surface area (Å²) in [6, 6.07) is 17.4. The maximum atomic E-state index is 12.8. The number of aromatic amines is 1. The van der Waals surface area contributed by atoms with Gasteiger partial charge in [0, 0.05) is 23.5 Å². The number of Topliss-reactive ketones (excluding diaryl/α,β-unsaturated/α-hetero) is 1. The van der Waals surface area contributed by atoms with Gasteiger partial charge in [-0.15, -0.1) is 0 Å². The van der Waals surface area contributed by atoms with E-state index in [1.807, 2.05) is 54.6 Å². The molecule has 28 heavy (non-hydrogen) atoms. The number of fused-ring (bicyclic) bond motifs is 1. The van der Waals surface area contributed by atoms with E-state index in [9.17, 15) is 14.7 Å². The van der Waals surface area contributed by atoms with Gasteiger partial charge in [-0.2, -0.15) is 0 Å². The number of ketones is 1. The number of aliphatic hydroxyl groups excluding tert-OH is 1. The second-order valence-corrected chi connectivity index (χ2v) is 7.29. The third kappa shape index (κ3) is 3.20. The molecule has 0 bridgehead atoms. The number of hydrogen-bond donors (Lipinski definition) is 2. The highest BCUT2D eigenvalue weighted by molar-refractivity contribution is 6.20. The Labute approximate surface area is 162 Å². The largest absolute Gasteiger partial charge is 0.507 e. The Bertz CT molecular complexity index is 1080. The lowest BCUT2D eigenvalue weighted by atomic mass is 9.92. The van der Waals surface area contributed by atoms with E-state index >= 15 is 0 Å². The standard InChI is InChI=1S/C23H21NO4/c1-23(12-11-15-7-3-2-4-8-15)21(26)20(22(27)28-23)19(25)13-16-14-24-18-10-6-5-9-17(16)18/h2-10,14,24,26H,11-13H2,1H3. The number of nitrogens with one attached hydrogen (secondary N) is 1. The van der Waals surface area contributed by atoms with Crippen molar-refractivity contribution in [1.29, 1.82) is 0 Å². The number of hydrogen-bond acceptors (Lipinski definition) is 4. The lowest BCUT2D eigenvalue weighted by Gasteiger charge is -2.23. The van der Waals surface area contributed by atoms with Gasteiger partial charge in [0.1, 0.15) is 5.57 Å². The average molecular weight is 375 g/mol. The Morgan fingerprint density at radius 1 is 1.11 bits per heavy atom. The number of para-hydroxylation sites is 1. The van der Waals surface area contributed by atoms with E-state index in [1.54, 1.807) is 13.1 Å². The third-order valence-corrected chi connectivity index (χ3v) is 5.30. The molecule has 4 rings (SSSR count). The summed E-state index contributed by atoms with van der Waals surface area (Å²) < 4.78 is 5.43. The molecule has 2 aromatic carbocycles. The fourth-order valence-electron chi connectivity index (χ4n) is 3.65. The van der Waals surface area contributed by atoms with Crippen molar-refractivity contribution >= 4 is 22.7 Å². The molecule has 0 radical (unpaired) electrons. The van der Waals surface area contributed by atoms with Crippen LogP contribution in [-0.4, -0.2) is 27.4 Å². The van der Waals surface area contributed by atoms with E-state index < -0.39 is 17.4 Å². The van der Waals surface area contributed by atoms with Crippen molar-refractivity contribution in [3.63, 3.8) is 0 Å². The molecule has 2 heterocycles. The highest BCUT2D eigenvalue weighted by atomic mass is 16.6. The number of carbonyl (C=O) groups is 2. The van der Waals surface area contributed by atoms with Crippen LogP contribution in [0, 0.1) is 0 Å². The van der Waals surface area contributed by atoms with Crippen LogP contribution in [0.15, 0.2) is 72.1 Å². The number of esters is 1. The summed E-state index contributed by atoms with van der Waals surface area (Å²) in [5, 5.41) is 11.6. The number of aliphatic hydroxyl groups is 1. The SMILES string of the molecule is CC1(CCc2ccccc2)OC(=O)C(C(=O)Cc2c[nH]c3ccccc23)=C1O. The molecule has 1 aromatic heterocycles. The first kappa shape index (κ1) is 18.0. The zero-order valence-electron chi connectivity index (χ0n) is 15.6. The molecule has 1 atom stereocenters. The van der Waals surface area contributed by atoms with E-state index in [-0.39, 0.29) is 17.8 Å². The number of benzene rings is 2. The Kier molecular flexibility index (Phi) is 4.51. The number of H-pyrrole nitrogens is 1. The normalized spacial score (nSPS) is 19.2. The highest BCUT2D eigenvalue weighted by Gasteiger charge is 2.46. The molecule has 3 aromatic rings. The summed E-state index contributed by atoms with van der Waals surface area (Å²) >= 11 is 0. The molecule has 0 saturated heterocycles. The third-order valence-electron chi connectivity index (χ3n) is 5.30. The molecule has 0 aliphatic carbocycles. The molecule has 0 fully saturated rings. The van der Waals surface area contributed by atoms with Crippen LogP contribution in [0.2, 0.25) is 0 Å². The van der Waals surface area contributed by atoms with Crippen LogP contribution in [0.5, 0.6) is 0 Å². The number of cyclic esters (lactones) is 1. The van der Waals surface area contributed by atoms with Gasteiger partial charge in [0.15, 0.2) is 17.1 Å². The molecule has 5 heteroatoms. The van der Waals surface area contributed by atoms with Crippen molar-refractivity contribution < 1.29 is 19.4 Å². The number of rotatable bonds is 6. The van der Waals surface area contributed by atoms with Crippen molar-refractivity contribution in [1.82, 2.24) is 4.98 Å². The lowest BCUT2D eigenvalue weighted by Crippen LogP contribution is -2.28. The molecule has 2 N–H and O–H groups in total. The summed E-state index contributed by atoms with van der Waals surface area (Å²) in [5.74, 6) is -1.45. The molecule has 0 saturated carbocycles. The van der Waals surface area contributed by atoms with E-state index in [0.29, 0.717) is 12.8 Å². The second-order valence-electron chi connectivity index (χ2n) is 7.29. The van der Waals surface area contributed by atoms with Gasteiger partial charge in [0.2, 0.25) is 0 Å². The number of carbonyl (C=O) groups excluding carboxylic acids is 2. The van der Waals surface area contributed by atoms with E-state index in [2.05, 4.69) is 4.98 Å². The van der Waals surface area contributed by atoms with Crippen LogP contribution in [0.25, 0.3) is 10.9 Å². The number of aryl methyl sites for hydroxylation is 1. The summed E-state index contributed by atoms with van der Waals surface area (Å²) in [6.07, 6.45) is 2.80. The first-order chi connectivity index (χ1) is 13.5. The Hall–Kier alpha value is -3.34. The molecular weight excluding hydrogens is 354 g/mol. The molecule has 1 aliphatic heterocycles. The molecule has 0 amide bonds. The van der Waals surface area contributed by atoms with E-state index in [4.69, 9.17) is 4.74 Å². The smallest absolute Gasteiger partial charge is 0.346 e. The summed E-state index contributed by atoms with van der Waals surface area (Å²) in [4.78, 5) is 28.3. The molecule has 142 valence electrons. The van der Waals surface area contributed by atoms with Crippen LogP contribution in [0.1, 0.15) is 24.5 Å². The van der Waals surface area contributed by atoms with Crippen molar-refractivity contribution in [2.75, 3.05) is 0 Å². The molecular formula is C23H21NO4. The Morgan fingerprint density at radius 3 is 2.61 bits per heavy atom. The van der Waals surface area contributed by atoms with Crippen molar-refractivity contribution in [2.45, 2.75) is 31.8 Å². The first-order valence-electron chi connectivity index (χ1n) is 9.27. The van der Waals surface area contributed by atoms with E-state index in [1.165, 1.54) is 0 Å². The highest BCUT2D eigenvalue weighted by Crippen LogP contribution is 2.36. The summed E-state index contributed by atoms with van der Waals surface area (Å²) in [6.45, 7) is 1.65. The lowest BCUT2D eigenvalue weighted by molar-refractivity contribution is -0.147. The van der Waals surface area contributed by atoms with Gasteiger partial charge in [-0.3, -0.25) is 4.79 Å². The molecule has 1 unspecified atom stereocenters. The Balaban J connectivity index is 1.55. The van der Waals surface area contributed by atoms with Gasteiger partial charge >= 0.3 is 5.97 Å². The summed E-state index contributed by atoms with van der Waals surface area (Å²) in [5.41, 5.74) is 1.36. The molecule has 5 nitrogen and oxygen atoms in total. The van der Waals surface area contributed by atoms with Crippen LogP contribution in [0.4, 0.5) is 0 Å². The van der Waals surface area contributed by atoms with E-state index in [0.717, 1.165) is 22.0 Å². The Morgan fingerprint density at radius 2 is 1.82 bits per heavy atom. The maximum Gasteiger partial charge on any atom is 0.346 e. The maximum absolute atomic E-state index is 12.8. The number of ether oxygens (including phenoxy) is 1. The van der Waals surface area contributed by atoms with Gasteiger partial charge in [0.05, 0.1) is 0 Å². The quantitative estimate of drug-likeness (QED) is 0.503. The number of aromatic nitrogens is 1. The molecule has 0 spiro atoms. The fourth-order valence-corrected chi connectivity index (χ4v) is 3.65. The van der Waals surface area contributed by atoms with Crippen molar-refractivity contribution in [3.8, 4) is 0 Å².